The average molecular weight is 463 g/mol. The molecule has 0 spiro atoms. The molecule has 180 valence electrons. The summed E-state index contributed by atoms with van der Waals surface area (Å²) in [6, 6.07) is 5.87. The Bertz CT molecular complexity index is 1140. The van der Waals surface area contributed by atoms with Gasteiger partial charge in [-0.05, 0) is 61.8 Å². The fourth-order valence-corrected chi connectivity index (χ4v) is 4.87. The first-order valence-corrected chi connectivity index (χ1v) is 11.7. The van der Waals surface area contributed by atoms with Gasteiger partial charge in [0.05, 0.1) is 24.0 Å². The van der Waals surface area contributed by atoms with Gasteiger partial charge in [0.15, 0.2) is 0 Å². The first-order valence-electron chi connectivity index (χ1n) is 11.7. The van der Waals surface area contributed by atoms with E-state index in [2.05, 4.69) is 34.0 Å². The largest absolute Gasteiger partial charge is 0.478 e. The van der Waals surface area contributed by atoms with Gasteiger partial charge in [-0.15, -0.1) is 6.42 Å². The van der Waals surface area contributed by atoms with Crippen LogP contribution in [0.5, 0.6) is 0 Å². The molecule has 0 radical (unpaired) electrons. The number of nitrogens with zero attached hydrogens (tertiary/aromatic N) is 4. The van der Waals surface area contributed by atoms with Crippen molar-refractivity contribution >= 4 is 23.0 Å². The molecule has 1 aliphatic rings. The fraction of sp³-hybridized carbons (Fsp3) is 0.444. The van der Waals surface area contributed by atoms with E-state index in [1.54, 1.807) is 19.2 Å². The lowest BCUT2D eigenvalue weighted by Gasteiger charge is -2.40. The number of benzene rings is 1. The molecule has 2 aromatic rings. The summed E-state index contributed by atoms with van der Waals surface area (Å²) in [4.78, 5) is 21.9. The van der Waals surface area contributed by atoms with Gasteiger partial charge < -0.3 is 14.4 Å². The monoisotopic (exact) mass is 462 g/mol. The Hall–Kier alpha value is -3.53. The van der Waals surface area contributed by atoms with E-state index in [4.69, 9.17) is 11.2 Å². The molecule has 3 rings (SSSR count). The molecule has 7 heteroatoms. The number of carboxylic acid groups (broad SMARTS) is 1. The molecule has 0 saturated heterocycles. The second-order valence-corrected chi connectivity index (χ2v) is 9.21. The lowest BCUT2D eigenvalue weighted by atomic mass is 9.70. The third-order valence-electron chi connectivity index (χ3n) is 6.46. The van der Waals surface area contributed by atoms with Gasteiger partial charge in [0.1, 0.15) is 0 Å². The highest BCUT2D eigenvalue weighted by Gasteiger charge is 2.34. The van der Waals surface area contributed by atoms with Gasteiger partial charge in [-0.1, -0.05) is 25.8 Å². The number of allylic oxidation sites excluding steroid dienone is 1. The number of imidazole rings is 1. The molecule has 2 atom stereocenters. The second kappa shape index (κ2) is 11.1. The van der Waals surface area contributed by atoms with Gasteiger partial charge in [-0.3, -0.25) is 9.89 Å². The van der Waals surface area contributed by atoms with Crippen molar-refractivity contribution in [3.63, 3.8) is 0 Å². The van der Waals surface area contributed by atoms with E-state index in [0.29, 0.717) is 24.7 Å². The maximum atomic E-state index is 12.0. The van der Waals surface area contributed by atoms with Gasteiger partial charge in [0.25, 0.3) is 0 Å². The number of hydrogen-bond donors (Lipinski definition) is 1. The standard InChI is InChI=1S/C27H34N4O3/c1-6-21-11-12-23-24(15-21)30(19-29-23)18-27(4)14-8-9-22(16-27)17-31(26(32)33)20(3)10-13-25(28-5)34-7-2/h1,10-13,15,19,22H,3,7-9,14,16-18H2,2,4-5H3,(H,32,33)/b13-10-,28-25?. The second-order valence-electron chi connectivity index (χ2n) is 9.21. The van der Waals surface area contributed by atoms with E-state index in [9.17, 15) is 9.90 Å². The lowest BCUT2D eigenvalue weighted by molar-refractivity contribution is 0.106. The molecular formula is C27H34N4O3. The molecule has 34 heavy (non-hydrogen) atoms. The number of aliphatic imine (C=N–C) groups is 1. The van der Waals surface area contributed by atoms with Crippen molar-refractivity contribution in [2.24, 2.45) is 16.3 Å². The van der Waals surface area contributed by atoms with Crippen LogP contribution >= 0.6 is 0 Å². The number of hydrogen-bond acceptors (Lipinski definition) is 4. The Labute approximate surface area is 201 Å². The lowest BCUT2D eigenvalue weighted by Crippen LogP contribution is -2.38. The zero-order valence-electron chi connectivity index (χ0n) is 20.3. The Kier molecular flexibility index (Phi) is 8.17. The quantitative estimate of drug-likeness (QED) is 0.249. The van der Waals surface area contributed by atoms with E-state index in [-0.39, 0.29) is 11.3 Å². The molecule has 1 N–H and O–H groups in total. The SMILES string of the molecule is C#Cc1ccc2ncn(CC3(C)CCCC(CN(C(=C)/C=C\C(=NC)OCC)C(=O)O)C3)c2c1. The number of ether oxygens (including phenoxy) is 1. The third kappa shape index (κ3) is 6.07. The summed E-state index contributed by atoms with van der Waals surface area (Å²) in [5, 5.41) is 9.85. The van der Waals surface area contributed by atoms with Gasteiger partial charge >= 0.3 is 6.09 Å². The van der Waals surface area contributed by atoms with Crippen LogP contribution in [-0.4, -0.2) is 51.7 Å². The van der Waals surface area contributed by atoms with Crippen molar-refractivity contribution in [1.29, 1.82) is 0 Å². The Morgan fingerprint density at radius 2 is 2.29 bits per heavy atom. The minimum atomic E-state index is -1.00. The zero-order chi connectivity index (χ0) is 24.7. The topological polar surface area (TPSA) is 80.0 Å². The first kappa shape index (κ1) is 25.1. The summed E-state index contributed by atoms with van der Waals surface area (Å²) < 4.78 is 7.57. The highest BCUT2D eigenvalue weighted by molar-refractivity contribution is 5.88. The van der Waals surface area contributed by atoms with Gasteiger partial charge in [0.2, 0.25) is 5.90 Å². The van der Waals surface area contributed by atoms with Crippen molar-refractivity contribution in [2.45, 2.75) is 46.1 Å². The molecule has 0 aliphatic heterocycles. The minimum Gasteiger partial charge on any atom is -0.478 e. The van der Waals surface area contributed by atoms with Crippen molar-refractivity contribution in [2.75, 3.05) is 20.2 Å². The number of aromatic nitrogens is 2. The molecule has 1 fully saturated rings. The predicted molar refractivity (Wildman–Crippen MR) is 136 cm³/mol. The van der Waals surface area contributed by atoms with E-state index in [0.717, 1.165) is 48.8 Å². The summed E-state index contributed by atoms with van der Waals surface area (Å²) in [6.07, 6.45) is 13.8. The highest BCUT2D eigenvalue weighted by atomic mass is 16.5. The van der Waals surface area contributed by atoms with Gasteiger partial charge in [-0.2, -0.15) is 0 Å². The Morgan fingerprint density at radius 1 is 1.50 bits per heavy atom. The molecule has 1 aliphatic carbocycles. The van der Waals surface area contributed by atoms with Crippen molar-refractivity contribution in [1.82, 2.24) is 14.5 Å². The molecule has 1 heterocycles. The molecule has 1 amide bonds. The number of amides is 1. The molecule has 1 saturated carbocycles. The maximum absolute atomic E-state index is 12.0. The van der Waals surface area contributed by atoms with Gasteiger partial charge in [0, 0.05) is 37.5 Å². The summed E-state index contributed by atoms with van der Waals surface area (Å²) in [7, 11) is 1.63. The predicted octanol–water partition coefficient (Wildman–Crippen LogP) is 5.33. The normalized spacial score (nSPS) is 20.9. The smallest absolute Gasteiger partial charge is 0.411 e. The Balaban J connectivity index is 1.71. The van der Waals surface area contributed by atoms with Crippen molar-refractivity contribution in [3.8, 4) is 12.3 Å². The van der Waals surface area contributed by atoms with E-state index in [1.165, 1.54) is 4.90 Å². The number of carbonyl (C=O) groups is 1. The molecule has 0 bridgehead atoms. The fourth-order valence-electron chi connectivity index (χ4n) is 4.87. The Morgan fingerprint density at radius 3 is 2.97 bits per heavy atom. The zero-order valence-corrected chi connectivity index (χ0v) is 20.3. The van der Waals surface area contributed by atoms with Crippen LogP contribution in [0.25, 0.3) is 11.0 Å². The van der Waals surface area contributed by atoms with Crippen molar-refractivity contribution < 1.29 is 14.6 Å². The van der Waals surface area contributed by atoms with Crippen LogP contribution in [0.4, 0.5) is 4.79 Å². The van der Waals surface area contributed by atoms with Crippen LogP contribution < -0.4 is 0 Å². The number of fused-ring (bicyclic) bond motifs is 1. The summed E-state index contributed by atoms with van der Waals surface area (Å²) >= 11 is 0. The summed E-state index contributed by atoms with van der Waals surface area (Å²) in [6.45, 7) is 9.84. The van der Waals surface area contributed by atoms with Crippen LogP contribution in [0.2, 0.25) is 0 Å². The third-order valence-corrected chi connectivity index (χ3v) is 6.46. The first-order chi connectivity index (χ1) is 16.3. The molecule has 2 unspecified atom stereocenters. The van der Waals surface area contributed by atoms with E-state index < -0.39 is 6.09 Å². The number of terminal acetylenes is 1. The highest BCUT2D eigenvalue weighted by Crippen LogP contribution is 2.41. The summed E-state index contributed by atoms with van der Waals surface area (Å²) in [5.74, 6) is 3.38. The van der Waals surface area contributed by atoms with Crippen LogP contribution in [-0.2, 0) is 11.3 Å². The van der Waals surface area contributed by atoms with E-state index in [1.807, 2.05) is 31.5 Å². The van der Waals surface area contributed by atoms with Crippen LogP contribution in [0.3, 0.4) is 0 Å². The number of rotatable bonds is 8. The molecule has 1 aromatic carbocycles. The van der Waals surface area contributed by atoms with Crippen molar-refractivity contribution in [3.05, 3.63) is 54.5 Å². The van der Waals surface area contributed by atoms with Gasteiger partial charge in [-0.25, -0.2) is 9.78 Å². The molecular weight excluding hydrogens is 428 g/mol. The van der Waals surface area contributed by atoms with Crippen LogP contribution in [0, 0.1) is 23.7 Å². The van der Waals surface area contributed by atoms with E-state index >= 15 is 0 Å². The summed E-state index contributed by atoms with van der Waals surface area (Å²) in [5.41, 5.74) is 3.23. The minimum absolute atomic E-state index is 0.0288. The van der Waals surface area contributed by atoms with Crippen LogP contribution in [0.1, 0.15) is 45.1 Å². The average Bonchev–Trinajstić information content (AvgIpc) is 3.20. The molecule has 7 nitrogen and oxygen atoms in total. The molecule has 1 aromatic heterocycles. The maximum Gasteiger partial charge on any atom is 0.411 e. The van der Waals surface area contributed by atoms with Crippen LogP contribution in [0.15, 0.2) is 53.9 Å².